The fraction of sp³-hybridized carbons (Fsp3) is 0.588. The van der Waals surface area contributed by atoms with Crippen LogP contribution < -0.4 is 16.4 Å². The number of fused-ring (bicyclic) bond motifs is 1. The number of amides is 4. The van der Waals surface area contributed by atoms with E-state index in [9.17, 15) is 29.1 Å². The number of hydrogen-bond donors (Lipinski definition) is 4. The lowest BCUT2D eigenvalue weighted by molar-refractivity contribution is -0.145. The Bertz CT molecular complexity index is 1750. The highest BCUT2D eigenvalue weighted by Gasteiger charge is 2.49. The Hall–Kier alpha value is -4.31. The van der Waals surface area contributed by atoms with Gasteiger partial charge in [-0.3, -0.25) is 24.0 Å². The van der Waals surface area contributed by atoms with Gasteiger partial charge in [0.1, 0.15) is 28.9 Å². The van der Waals surface area contributed by atoms with E-state index in [0.29, 0.717) is 34.8 Å². The molecule has 0 radical (unpaired) electrons. The molecule has 5 heterocycles. The summed E-state index contributed by atoms with van der Waals surface area (Å²) in [6.45, 7) is 3.23. The third-order valence-electron chi connectivity index (χ3n) is 10.3. The number of thioether (sulfide) groups is 1. The molecule has 0 bridgehead atoms. The zero-order valence-electron chi connectivity index (χ0n) is 28.4. The average molecular weight is 708 g/mol. The van der Waals surface area contributed by atoms with E-state index in [-0.39, 0.29) is 31.7 Å². The van der Waals surface area contributed by atoms with Gasteiger partial charge >= 0.3 is 0 Å². The molecule has 5 N–H and O–H groups in total. The lowest BCUT2D eigenvalue weighted by Gasteiger charge is -2.37. The lowest BCUT2D eigenvalue weighted by atomic mass is 9.84. The summed E-state index contributed by atoms with van der Waals surface area (Å²) < 4.78 is 3.26. The van der Waals surface area contributed by atoms with Crippen molar-refractivity contribution in [2.45, 2.75) is 101 Å². The van der Waals surface area contributed by atoms with Crippen molar-refractivity contribution in [3.63, 3.8) is 0 Å². The molecule has 3 aromatic heterocycles. The quantitative estimate of drug-likeness (QED) is 0.211. The van der Waals surface area contributed by atoms with Gasteiger partial charge in [0.15, 0.2) is 0 Å². The molecular formula is C34H45N9O6S. The number of nitrogens with two attached hydrogens (primary N) is 1. The van der Waals surface area contributed by atoms with Crippen molar-refractivity contribution in [3.8, 4) is 0 Å². The van der Waals surface area contributed by atoms with Crippen molar-refractivity contribution < 1.29 is 29.1 Å². The van der Waals surface area contributed by atoms with Crippen LogP contribution in [0.15, 0.2) is 36.9 Å². The fourth-order valence-electron chi connectivity index (χ4n) is 7.59. The Morgan fingerprint density at radius 2 is 1.86 bits per heavy atom. The van der Waals surface area contributed by atoms with Gasteiger partial charge in [-0.05, 0) is 62.7 Å². The molecule has 1 aliphatic carbocycles. The van der Waals surface area contributed by atoms with Crippen LogP contribution in [0.3, 0.4) is 0 Å². The maximum Gasteiger partial charge on any atom is 0.287 e. The summed E-state index contributed by atoms with van der Waals surface area (Å²) >= 11 is 1.61. The summed E-state index contributed by atoms with van der Waals surface area (Å²) in [6.07, 6.45) is 12.5. The number of pyridine rings is 1. The van der Waals surface area contributed by atoms with Crippen LogP contribution in [0.4, 0.5) is 0 Å². The van der Waals surface area contributed by atoms with Crippen LogP contribution >= 0.6 is 11.8 Å². The van der Waals surface area contributed by atoms with Crippen molar-refractivity contribution >= 4 is 46.8 Å². The normalized spacial score (nSPS) is 21.9. The maximum atomic E-state index is 14.8. The smallest absolute Gasteiger partial charge is 0.287 e. The second-order valence-electron chi connectivity index (χ2n) is 14.3. The van der Waals surface area contributed by atoms with E-state index in [4.69, 9.17) is 5.73 Å². The number of ketones is 1. The first-order chi connectivity index (χ1) is 23.9. The number of imidazole rings is 1. The number of hydrogen-bond acceptors (Lipinski definition) is 10. The van der Waals surface area contributed by atoms with E-state index in [0.717, 1.165) is 32.1 Å². The molecule has 268 valence electrons. The Morgan fingerprint density at radius 1 is 1.12 bits per heavy atom. The molecule has 3 atom stereocenters. The van der Waals surface area contributed by atoms with Crippen molar-refractivity contribution in [3.05, 3.63) is 48.2 Å². The zero-order valence-corrected chi connectivity index (χ0v) is 29.2. The molecule has 6 rings (SSSR count). The van der Waals surface area contributed by atoms with Gasteiger partial charge in [-0.15, -0.1) is 5.10 Å². The van der Waals surface area contributed by atoms with Gasteiger partial charge in [0.25, 0.3) is 11.8 Å². The zero-order chi connectivity index (χ0) is 35.6. The standard InChI is InChI=1S/C34H45N9O6S/c1-33(2,49)26-18-37-40-43(26)23-17-25(31(47)39-34(28(44)29(35)45)10-14-50-15-11-34)42(20-23)32(48)24(16-21-6-4-3-5-7-21)38-30(46)22-8-9-27-36-12-13-41(27)19-22/h8-9,12-13,18-19,21,23-25,49H,3-7,10-11,14-17,20H2,1-2H3,(H2,35,45)(H,38,46)(H,39,47)/t23-,24+,25-/m0/s1. The van der Waals surface area contributed by atoms with Crippen LogP contribution in [0.1, 0.15) is 93.7 Å². The first-order valence-corrected chi connectivity index (χ1v) is 18.4. The fourth-order valence-corrected chi connectivity index (χ4v) is 8.78. The van der Waals surface area contributed by atoms with Gasteiger partial charge in [0.2, 0.25) is 17.6 Å². The van der Waals surface area contributed by atoms with Gasteiger partial charge in [0, 0.05) is 31.6 Å². The van der Waals surface area contributed by atoms with E-state index < -0.39 is 58.7 Å². The molecule has 0 aromatic carbocycles. The second-order valence-corrected chi connectivity index (χ2v) is 15.5. The number of likely N-dealkylation sites (tertiary alicyclic amines) is 1. The third-order valence-corrected chi connectivity index (χ3v) is 11.3. The average Bonchev–Trinajstić information content (AvgIpc) is 3.87. The van der Waals surface area contributed by atoms with E-state index in [1.54, 1.807) is 60.7 Å². The van der Waals surface area contributed by atoms with E-state index >= 15 is 0 Å². The number of carbonyl (C=O) groups is 5. The topological polar surface area (TPSA) is 207 Å². The van der Waals surface area contributed by atoms with Crippen molar-refractivity contribution in [2.24, 2.45) is 11.7 Å². The molecule has 15 nitrogen and oxygen atoms in total. The molecule has 50 heavy (non-hydrogen) atoms. The van der Waals surface area contributed by atoms with Crippen LogP contribution in [0.25, 0.3) is 5.65 Å². The van der Waals surface area contributed by atoms with Gasteiger partial charge in [-0.2, -0.15) is 11.8 Å². The summed E-state index contributed by atoms with van der Waals surface area (Å²) in [7, 11) is 0. The number of nitrogens with zero attached hydrogens (tertiary/aromatic N) is 6. The Morgan fingerprint density at radius 3 is 2.56 bits per heavy atom. The van der Waals surface area contributed by atoms with Crippen LogP contribution in [-0.4, -0.2) is 99.5 Å². The van der Waals surface area contributed by atoms with Gasteiger partial charge in [-0.1, -0.05) is 37.3 Å². The number of aromatic nitrogens is 5. The molecular weight excluding hydrogens is 662 g/mol. The number of nitrogens with one attached hydrogen (secondary N) is 2. The summed E-state index contributed by atoms with van der Waals surface area (Å²) in [5.74, 6) is -2.17. The maximum absolute atomic E-state index is 14.8. The van der Waals surface area contributed by atoms with Crippen LogP contribution in [0.5, 0.6) is 0 Å². The molecule has 1 saturated carbocycles. The van der Waals surface area contributed by atoms with Crippen molar-refractivity contribution in [1.82, 2.24) is 39.9 Å². The number of Topliss-reactive ketones (excluding diaryl/α,β-unsaturated/α-hetero) is 1. The highest BCUT2D eigenvalue weighted by Crippen LogP contribution is 2.35. The molecule has 16 heteroatoms. The largest absolute Gasteiger partial charge is 0.384 e. The van der Waals surface area contributed by atoms with Gasteiger partial charge in [-0.25, -0.2) is 9.67 Å². The van der Waals surface area contributed by atoms with E-state index in [1.165, 1.54) is 15.8 Å². The minimum absolute atomic E-state index is 0.0357. The summed E-state index contributed by atoms with van der Waals surface area (Å²) in [5, 5.41) is 25.0. The molecule has 4 amide bonds. The molecule has 0 spiro atoms. The number of carbonyl (C=O) groups excluding carboxylic acids is 5. The minimum Gasteiger partial charge on any atom is -0.384 e. The predicted molar refractivity (Wildman–Crippen MR) is 184 cm³/mol. The van der Waals surface area contributed by atoms with E-state index in [2.05, 4.69) is 25.9 Å². The SMILES string of the molecule is CC(C)(O)c1cnnn1[C@H]1C[C@@H](C(=O)NC2(C(=O)C(N)=O)CCSCC2)N(C(=O)[C@@H](CC2CCCCC2)NC(=O)c2ccc3nccn3c2)C1. The molecule has 3 fully saturated rings. The number of rotatable bonds is 11. The van der Waals surface area contributed by atoms with Crippen LogP contribution in [-0.2, 0) is 24.8 Å². The molecule has 3 aromatic rings. The summed E-state index contributed by atoms with van der Waals surface area (Å²) in [4.78, 5) is 73.8. The first kappa shape index (κ1) is 35.5. The van der Waals surface area contributed by atoms with Gasteiger partial charge < -0.3 is 30.8 Å². The molecule has 2 aliphatic heterocycles. The number of primary amides is 1. The van der Waals surface area contributed by atoms with Crippen LogP contribution in [0, 0.1) is 5.92 Å². The Labute approximate surface area is 294 Å². The molecule has 3 aliphatic rings. The molecule has 0 unspecified atom stereocenters. The summed E-state index contributed by atoms with van der Waals surface area (Å²) in [5.41, 5.74) is 4.09. The monoisotopic (exact) mass is 707 g/mol. The second kappa shape index (κ2) is 14.5. The third kappa shape index (κ3) is 7.41. The minimum atomic E-state index is -1.48. The van der Waals surface area contributed by atoms with Crippen molar-refractivity contribution in [1.29, 1.82) is 0 Å². The summed E-state index contributed by atoms with van der Waals surface area (Å²) in [6, 6.07) is 0.797. The first-order valence-electron chi connectivity index (χ1n) is 17.3. The lowest BCUT2D eigenvalue weighted by Crippen LogP contribution is -2.63. The Kier molecular flexibility index (Phi) is 10.3. The van der Waals surface area contributed by atoms with Crippen LogP contribution in [0.2, 0.25) is 0 Å². The molecule has 2 saturated heterocycles. The Balaban J connectivity index is 1.33. The van der Waals surface area contributed by atoms with Gasteiger partial charge in [0.05, 0.1) is 23.5 Å². The van der Waals surface area contributed by atoms with Crippen molar-refractivity contribution in [2.75, 3.05) is 18.1 Å². The predicted octanol–water partition coefficient (Wildman–Crippen LogP) is 1.50. The van der Waals surface area contributed by atoms with E-state index in [1.807, 2.05) is 0 Å². The highest BCUT2D eigenvalue weighted by molar-refractivity contribution is 7.99. The highest BCUT2D eigenvalue weighted by atomic mass is 32.2. The number of aliphatic hydroxyl groups is 1.